The van der Waals surface area contributed by atoms with Crippen LogP contribution in [0.15, 0.2) is 28.6 Å². The third-order valence-corrected chi connectivity index (χ3v) is 5.67. The lowest BCUT2D eigenvalue weighted by atomic mass is 10.2. The van der Waals surface area contributed by atoms with Gasteiger partial charge in [0, 0.05) is 31.9 Å². The van der Waals surface area contributed by atoms with Crippen molar-refractivity contribution in [3.8, 4) is 11.5 Å². The van der Waals surface area contributed by atoms with Crippen LogP contribution in [0.1, 0.15) is 41.9 Å². The Balaban J connectivity index is 1.51. The van der Waals surface area contributed by atoms with Gasteiger partial charge in [-0.1, -0.05) is 6.07 Å². The van der Waals surface area contributed by atoms with Gasteiger partial charge in [0.15, 0.2) is 17.5 Å². The number of hydrogen-bond acceptors (Lipinski definition) is 5. The van der Waals surface area contributed by atoms with Gasteiger partial charge in [-0.05, 0) is 50.3 Å². The number of rotatable bonds is 8. The fraction of sp³-hybridized carbons (Fsp3) is 0.524. The molecule has 1 aliphatic rings. The van der Waals surface area contributed by atoms with Gasteiger partial charge >= 0.3 is 0 Å². The van der Waals surface area contributed by atoms with Crippen LogP contribution in [-0.2, 0) is 13.0 Å². The monoisotopic (exact) mass is 402 g/mol. The second-order valence-electron chi connectivity index (χ2n) is 6.97. The van der Waals surface area contributed by atoms with Gasteiger partial charge in [-0.2, -0.15) is 0 Å². The summed E-state index contributed by atoms with van der Waals surface area (Å²) in [6.45, 7) is 3.49. The molecule has 0 amide bonds. The number of thiazole rings is 1. The van der Waals surface area contributed by atoms with Crippen molar-refractivity contribution in [2.45, 2.75) is 51.7 Å². The van der Waals surface area contributed by atoms with Gasteiger partial charge in [0.25, 0.3) is 0 Å². The zero-order valence-electron chi connectivity index (χ0n) is 17.0. The first-order valence-corrected chi connectivity index (χ1v) is 10.7. The average Bonchev–Trinajstić information content (AvgIpc) is 3.36. The van der Waals surface area contributed by atoms with Crippen molar-refractivity contribution >= 4 is 17.3 Å². The van der Waals surface area contributed by atoms with Gasteiger partial charge in [-0.15, -0.1) is 11.3 Å². The van der Waals surface area contributed by atoms with E-state index in [0.717, 1.165) is 59.5 Å². The van der Waals surface area contributed by atoms with E-state index >= 15 is 0 Å². The molecule has 3 rings (SSSR count). The summed E-state index contributed by atoms with van der Waals surface area (Å²) >= 11 is 1.69. The first kappa shape index (κ1) is 20.5. The molecule has 1 aromatic heterocycles. The summed E-state index contributed by atoms with van der Waals surface area (Å²) in [5.74, 6) is 2.40. The highest BCUT2D eigenvalue weighted by Crippen LogP contribution is 2.32. The highest BCUT2D eigenvalue weighted by Gasteiger charge is 2.18. The van der Waals surface area contributed by atoms with Crippen LogP contribution < -0.4 is 20.1 Å². The van der Waals surface area contributed by atoms with E-state index in [1.54, 1.807) is 25.5 Å². The lowest BCUT2D eigenvalue weighted by Gasteiger charge is -2.17. The predicted octanol–water partition coefficient (Wildman–Crippen LogP) is 3.69. The summed E-state index contributed by atoms with van der Waals surface area (Å²) in [5.41, 5.74) is 2.25. The van der Waals surface area contributed by atoms with Crippen LogP contribution >= 0.6 is 11.3 Å². The number of aryl methyl sites for hydroxylation is 1. The number of ether oxygens (including phenoxy) is 2. The summed E-state index contributed by atoms with van der Waals surface area (Å²) in [5, 5.41) is 9.91. The van der Waals surface area contributed by atoms with Crippen LogP contribution in [0.5, 0.6) is 11.5 Å². The largest absolute Gasteiger partial charge is 0.493 e. The van der Waals surface area contributed by atoms with Gasteiger partial charge in [0.05, 0.1) is 23.9 Å². The first-order chi connectivity index (χ1) is 13.7. The molecule has 0 spiro atoms. The lowest BCUT2D eigenvalue weighted by molar-refractivity contribution is 0.200. The van der Waals surface area contributed by atoms with Crippen LogP contribution in [-0.4, -0.2) is 37.7 Å². The van der Waals surface area contributed by atoms with E-state index < -0.39 is 0 Å². The Morgan fingerprint density at radius 2 is 2.07 bits per heavy atom. The topological polar surface area (TPSA) is 67.8 Å². The van der Waals surface area contributed by atoms with Gasteiger partial charge < -0.3 is 20.1 Å². The molecule has 1 aliphatic carbocycles. The number of methoxy groups -OCH3 is 1. The van der Waals surface area contributed by atoms with E-state index in [9.17, 15) is 0 Å². The molecule has 1 fully saturated rings. The summed E-state index contributed by atoms with van der Waals surface area (Å²) in [6.07, 6.45) is 5.93. The van der Waals surface area contributed by atoms with Crippen LogP contribution in [0.25, 0.3) is 0 Å². The molecule has 1 heterocycles. The van der Waals surface area contributed by atoms with E-state index in [2.05, 4.69) is 38.1 Å². The second kappa shape index (κ2) is 10.3. The van der Waals surface area contributed by atoms with E-state index in [4.69, 9.17) is 9.47 Å². The molecule has 0 aliphatic heterocycles. The molecule has 0 atom stereocenters. The zero-order chi connectivity index (χ0) is 19.8. The minimum absolute atomic E-state index is 0.306. The third kappa shape index (κ3) is 5.86. The van der Waals surface area contributed by atoms with Crippen molar-refractivity contribution in [3.05, 3.63) is 39.8 Å². The van der Waals surface area contributed by atoms with Crippen molar-refractivity contribution in [3.63, 3.8) is 0 Å². The number of hydrogen-bond donors (Lipinski definition) is 2. The molecule has 28 heavy (non-hydrogen) atoms. The van der Waals surface area contributed by atoms with Crippen LogP contribution in [0.2, 0.25) is 0 Å². The fourth-order valence-corrected chi connectivity index (χ4v) is 3.99. The van der Waals surface area contributed by atoms with Gasteiger partial charge in [-0.3, -0.25) is 4.99 Å². The number of aliphatic imine (C=N–C) groups is 1. The minimum Gasteiger partial charge on any atom is -0.493 e. The van der Waals surface area contributed by atoms with Gasteiger partial charge in [-0.25, -0.2) is 4.98 Å². The standard InChI is InChI=1S/C21H30N4O2S/c1-15-25-17(14-28-15)10-11-23-21(22-2)24-13-16-8-9-19(26-3)20(12-16)27-18-6-4-5-7-18/h8-9,12,14,18H,4-7,10-11,13H2,1-3H3,(H2,22,23,24). The Labute approximate surface area is 171 Å². The Kier molecular flexibility index (Phi) is 7.54. The Morgan fingerprint density at radius 1 is 1.25 bits per heavy atom. The van der Waals surface area contributed by atoms with Crippen LogP contribution in [0.3, 0.4) is 0 Å². The normalized spacial score (nSPS) is 14.9. The summed E-state index contributed by atoms with van der Waals surface area (Å²) in [7, 11) is 3.47. The maximum Gasteiger partial charge on any atom is 0.191 e. The highest BCUT2D eigenvalue weighted by molar-refractivity contribution is 7.09. The molecule has 0 saturated heterocycles. The Morgan fingerprint density at radius 3 is 2.75 bits per heavy atom. The molecule has 2 aromatic rings. The van der Waals surface area contributed by atoms with Crippen molar-refractivity contribution in [1.82, 2.24) is 15.6 Å². The Bertz CT molecular complexity index is 784. The first-order valence-electron chi connectivity index (χ1n) is 9.87. The SMILES string of the molecule is CN=C(NCCc1csc(C)n1)NCc1ccc(OC)c(OC2CCCC2)c1. The van der Waals surface area contributed by atoms with Crippen LogP contribution in [0, 0.1) is 6.92 Å². The number of benzene rings is 1. The van der Waals surface area contributed by atoms with Crippen molar-refractivity contribution in [1.29, 1.82) is 0 Å². The summed E-state index contributed by atoms with van der Waals surface area (Å²) in [6, 6.07) is 6.09. The van der Waals surface area contributed by atoms with Crippen molar-refractivity contribution in [2.75, 3.05) is 20.7 Å². The van der Waals surface area contributed by atoms with Crippen molar-refractivity contribution < 1.29 is 9.47 Å². The molecule has 152 valence electrons. The second-order valence-corrected chi connectivity index (χ2v) is 8.03. The number of nitrogens with one attached hydrogen (secondary N) is 2. The molecule has 6 nitrogen and oxygen atoms in total. The van der Waals surface area contributed by atoms with Gasteiger partial charge in [0.1, 0.15) is 0 Å². The number of nitrogens with zero attached hydrogens (tertiary/aromatic N) is 2. The molecular weight excluding hydrogens is 372 g/mol. The maximum atomic E-state index is 6.18. The van der Waals surface area contributed by atoms with E-state index in [-0.39, 0.29) is 0 Å². The fourth-order valence-electron chi connectivity index (χ4n) is 3.35. The third-order valence-electron chi connectivity index (χ3n) is 4.85. The minimum atomic E-state index is 0.306. The molecule has 0 radical (unpaired) electrons. The average molecular weight is 403 g/mol. The number of aromatic nitrogens is 1. The highest BCUT2D eigenvalue weighted by atomic mass is 32.1. The van der Waals surface area contributed by atoms with Crippen molar-refractivity contribution in [2.24, 2.45) is 4.99 Å². The summed E-state index contributed by atoms with van der Waals surface area (Å²) < 4.78 is 11.7. The molecule has 7 heteroatoms. The van der Waals surface area contributed by atoms with E-state index in [1.807, 2.05) is 13.0 Å². The molecule has 1 saturated carbocycles. The Hall–Kier alpha value is -2.28. The number of guanidine groups is 1. The molecule has 0 bridgehead atoms. The molecular formula is C21H30N4O2S. The van der Waals surface area contributed by atoms with E-state index in [1.165, 1.54) is 12.8 Å². The quantitative estimate of drug-likeness (QED) is 0.521. The maximum absolute atomic E-state index is 6.18. The summed E-state index contributed by atoms with van der Waals surface area (Å²) in [4.78, 5) is 8.79. The predicted molar refractivity (Wildman–Crippen MR) is 115 cm³/mol. The van der Waals surface area contributed by atoms with Crippen LogP contribution in [0.4, 0.5) is 0 Å². The zero-order valence-corrected chi connectivity index (χ0v) is 17.8. The molecule has 1 aromatic carbocycles. The van der Waals surface area contributed by atoms with E-state index in [0.29, 0.717) is 12.6 Å². The lowest BCUT2D eigenvalue weighted by Crippen LogP contribution is -2.37. The van der Waals surface area contributed by atoms with Gasteiger partial charge in [0.2, 0.25) is 0 Å². The molecule has 2 N–H and O–H groups in total. The smallest absolute Gasteiger partial charge is 0.191 e. The molecule has 0 unspecified atom stereocenters.